The van der Waals surface area contributed by atoms with Crippen LogP contribution >= 0.6 is 84.7 Å². The van der Waals surface area contributed by atoms with E-state index in [1.54, 1.807) is 35.8 Å². The standard InChI is InChI=1S/4C10H20OS2.Sn/c4*1-3-5-7-10(11,9(12)13)8-6-4-2;/h4*11H,3-8H2,1-2H3,(H,12,13);/q;;;;+4/p-4. The van der Waals surface area contributed by atoms with Gasteiger partial charge in [-0.2, -0.15) is 0 Å². The summed E-state index contributed by atoms with van der Waals surface area (Å²) in [6, 6.07) is 0. The summed E-state index contributed by atoms with van der Waals surface area (Å²) in [4.78, 5) is 0. The van der Waals surface area contributed by atoms with Crippen LogP contribution in [-0.4, -0.2) is 72.5 Å². The van der Waals surface area contributed by atoms with Crippen LogP contribution in [0.15, 0.2) is 0 Å². The fraction of sp³-hybridized carbons (Fsp3) is 0.900. The van der Waals surface area contributed by atoms with Crippen molar-refractivity contribution in [1.82, 2.24) is 0 Å². The second kappa shape index (κ2) is 29.6. The fourth-order valence-corrected chi connectivity index (χ4v) is 74.0. The number of hydrogen-bond acceptors (Lipinski definition) is 12. The molecule has 0 saturated carbocycles. The van der Waals surface area contributed by atoms with Gasteiger partial charge in [0.2, 0.25) is 0 Å². The van der Waals surface area contributed by atoms with Gasteiger partial charge in [-0.15, -0.1) is 0 Å². The first-order chi connectivity index (χ1) is 25.0. The van der Waals surface area contributed by atoms with Gasteiger partial charge in [0.05, 0.1) is 0 Å². The Morgan fingerprint density at radius 2 is 0.472 bits per heavy atom. The van der Waals surface area contributed by atoms with Crippen LogP contribution in [0.3, 0.4) is 0 Å². The molecule has 0 unspecified atom stereocenters. The van der Waals surface area contributed by atoms with E-state index in [-0.39, 0.29) is 0 Å². The van der Waals surface area contributed by atoms with Crippen LogP contribution in [0.4, 0.5) is 0 Å². The molecule has 0 saturated heterocycles. The molecule has 0 radical (unpaired) electrons. The number of unbranched alkanes of at least 4 members (excludes halogenated alkanes) is 8. The third-order valence-corrected chi connectivity index (χ3v) is 56.5. The van der Waals surface area contributed by atoms with E-state index in [2.05, 4.69) is 55.4 Å². The van der Waals surface area contributed by atoms with E-state index in [0.29, 0.717) is 68.2 Å². The van der Waals surface area contributed by atoms with Gasteiger partial charge < -0.3 is 0 Å². The van der Waals surface area contributed by atoms with E-state index in [1.165, 1.54) is 0 Å². The molecule has 0 aliphatic heterocycles. The van der Waals surface area contributed by atoms with Crippen LogP contribution in [0, 0.1) is 0 Å². The van der Waals surface area contributed by atoms with Gasteiger partial charge in [-0.05, 0) is 0 Å². The second-order valence-corrected chi connectivity index (χ2v) is 56.8. The molecule has 0 rings (SSSR count). The molecule has 0 spiro atoms. The molecule has 4 nitrogen and oxygen atoms in total. The average molecular weight is 996 g/mol. The molecule has 0 fully saturated rings. The van der Waals surface area contributed by atoms with E-state index in [1.807, 2.05) is 0 Å². The van der Waals surface area contributed by atoms with Crippen molar-refractivity contribution in [3.05, 3.63) is 0 Å². The monoisotopic (exact) mass is 996 g/mol. The Bertz CT molecular complexity index is 878. The van der Waals surface area contributed by atoms with Crippen LogP contribution in [0.2, 0.25) is 0 Å². The molecule has 0 aromatic rings. The third-order valence-electron chi connectivity index (χ3n) is 9.94. The zero-order valence-corrected chi connectivity index (χ0v) is 43.9. The van der Waals surface area contributed by atoms with Crippen molar-refractivity contribution < 1.29 is 20.4 Å². The summed E-state index contributed by atoms with van der Waals surface area (Å²) in [6.45, 7) is 17.0. The van der Waals surface area contributed by atoms with E-state index in [4.69, 9.17) is 48.9 Å². The summed E-state index contributed by atoms with van der Waals surface area (Å²) >= 11 is 20.9. The number of rotatable bonds is 32. The average Bonchev–Trinajstić information content (AvgIpc) is 3.13. The number of aliphatic hydroxyl groups is 4. The van der Waals surface area contributed by atoms with Crippen molar-refractivity contribution in [3.63, 3.8) is 0 Å². The molecule has 53 heavy (non-hydrogen) atoms. The Labute approximate surface area is 363 Å². The van der Waals surface area contributed by atoms with Gasteiger partial charge >= 0.3 is 367 Å². The molecule has 0 aliphatic rings. The first-order valence-electron chi connectivity index (χ1n) is 20.8. The Kier molecular flexibility index (Phi) is 30.9. The molecule has 0 amide bonds. The summed E-state index contributed by atoms with van der Waals surface area (Å²) < 4.78 is 2.16. The SMILES string of the molecule is CCCCC(O)(CCCC)C(=S)[S][Sn]([S]C(=S)C(O)(CCCC)CCCC)([S]C(=S)C(O)(CCCC)CCCC)[S]C(=S)C(O)(CCCC)CCCC. The molecule has 0 bridgehead atoms. The van der Waals surface area contributed by atoms with Gasteiger partial charge in [-0.1, -0.05) is 0 Å². The van der Waals surface area contributed by atoms with Crippen molar-refractivity contribution in [2.24, 2.45) is 0 Å². The Morgan fingerprint density at radius 1 is 0.340 bits per heavy atom. The maximum atomic E-state index is 12.4. The summed E-state index contributed by atoms with van der Waals surface area (Å²) in [5.41, 5.74) is -4.66. The summed E-state index contributed by atoms with van der Waals surface area (Å²) in [5.74, 6) is 0. The van der Waals surface area contributed by atoms with E-state index >= 15 is 0 Å². The van der Waals surface area contributed by atoms with Gasteiger partial charge in [-0.25, -0.2) is 0 Å². The molecule has 0 atom stereocenters. The molecular weight excluding hydrogens is 920 g/mol. The molecule has 312 valence electrons. The molecule has 0 aliphatic carbocycles. The van der Waals surface area contributed by atoms with Crippen LogP contribution in [0.1, 0.15) is 209 Å². The summed E-state index contributed by atoms with van der Waals surface area (Å²) in [6.07, 6.45) is 18.9. The van der Waals surface area contributed by atoms with E-state index < -0.39 is 35.2 Å². The van der Waals surface area contributed by atoms with Crippen molar-refractivity contribution in [1.29, 1.82) is 0 Å². The summed E-state index contributed by atoms with van der Waals surface area (Å²) in [7, 11) is 6.24. The van der Waals surface area contributed by atoms with Crippen molar-refractivity contribution in [2.45, 2.75) is 232 Å². The normalized spacial score (nSPS) is 13.1. The van der Waals surface area contributed by atoms with Crippen molar-refractivity contribution in [3.8, 4) is 0 Å². The third kappa shape index (κ3) is 20.0. The number of thiocarbonyl (C=S) groups is 4. The molecule has 13 heteroatoms. The van der Waals surface area contributed by atoms with Gasteiger partial charge in [-0.3, -0.25) is 0 Å². The van der Waals surface area contributed by atoms with Crippen LogP contribution in [-0.2, 0) is 0 Å². The van der Waals surface area contributed by atoms with Gasteiger partial charge in [0.1, 0.15) is 0 Å². The molecule has 0 aromatic heterocycles. The van der Waals surface area contributed by atoms with Crippen molar-refractivity contribution >= 4 is 114 Å². The molecule has 4 N–H and O–H groups in total. The maximum absolute atomic E-state index is 12.4. The van der Waals surface area contributed by atoms with Crippen LogP contribution in [0.5, 0.6) is 0 Å². The zero-order chi connectivity index (χ0) is 40.6. The second-order valence-electron chi connectivity index (χ2n) is 15.0. The minimum atomic E-state index is -4.46. The van der Waals surface area contributed by atoms with E-state index in [9.17, 15) is 20.4 Å². The Morgan fingerprint density at radius 3 is 0.585 bits per heavy atom. The van der Waals surface area contributed by atoms with Crippen molar-refractivity contribution in [2.75, 3.05) is 0 Å². The van der Waals surface area contributed by atoms with Gasteiger partial charge in [0.15, 0.2) is 0 Å². The molecular formula is C40H76O4S8Sn. The first kappa shape index (κ1) is 55.4. The topological polar surface area (TPSA) is 80.9 Å². The fourth-order valence-electron chi connectivity index (χ4n) is 6.03. The molecule has 0 aromatic carbocycles. The Balaban J connectivity index is 7.82. The first-order valence-corrected chi connectivity index (χ1v) is 39.7. The van der Waals surface area contributed by atoms with Crippen LogP contribution in [0.25, 0.3) is 0 Å². The summed E-state index contributed by atoms with van der Waals surface area (Å²) in [5, 5.41) is 49.5. The predicted octanol–water partition coefficient (Wildman–Crippen LogP) is 14.1. The predicted molar refractivity (Wildman–Crippen MR) is 263 cm³/mol. The van der Waals surface area contributed by atoms with Crippen LogP contribution < -0.4 is 0 Å². The Hall–Kier alpha value is 2.40. The van der Waals surface area contributed by atoms with Gasteiger partial charge in [0.25, 0.3) is 0 Å². The van der Waals surface area contributed by atoms with E-state index in [0.717, 1.165) is 103 Å². The quantitative estimate of drug-likeness (QED) is 0.0383. The zero-order valence-electron chi connectivity index (χ0n) is 34.5. The minimum absolute atomic E-state index is 0.540. The number of hydrogen-bond donors (Lipinski definition) is 4. The molecule has 0 heterocycles. The van der Waals surface area contributed by atoms with Gasteiger partial charge in [0, 0.05) is 0 Å².